The van der Waals surface area contributed by atoms with E-state index in [1.807, 2.05) is 6.21 Å². The van der Waals surface area contributed by atoms with Gasteiger partial charge in [-0.15, -0.1) is 0 Å². The first-order chi connectivity index (χ1) is 13.2. The molecule has 1 aliphatic rings. The minimum Gasteiger partial charge on any atom is -0.328 e. The van der Waals surface area contributed by atoms with Crippen LogP contribution >= 0.6 is 0 Å². The Labute approximate surface area is 161 Å². The Hall–Kier alpha value is -2.65. The summed E-state index contributed by atoms with van der Waals surface area (Å²) in [5.41, 5.74) is 5.43. The summed E-state index contributed by atoms with van der Waals surface area (Å²) in [5, 5.41) is 9.52. The number of hydrogen-bond donors (Lipinski definition) is 1. The molecule has 0 aromatic heterocycles. The molecule has 0 atom stereocenters. The maximum atomic E-state index is 4.77. The van der Waals surface area contributed by atoms with E-state index >= 15 is 0 Å². The normalized spacial score (nSPS) is 15.7. The number of piperazine rings is 1. The van der Waals surface area contributed by atoms with Gasteiger partial charge < -0.3 is 4.90 Å². The van der Waals surface area contributed by atoms with Crippen LogP contribution in [0, 0.1) is 13.8 Å². The number of fused-ring (bicyclic) bond motifs is 1. The van der Waals surface area contributed by atoms with Crippen LogP contribution in [0.2, 0.25) is 0 Å². The SMILES string of the molecule is Cc1ccc(C[NH+]2CCN(/N=C\c3cccc4ccccc34)CC2)c(C)c1. The molecule has 3 heteroatoms. The van der Waals surface area contributed by atoms with E-state index in [4.69, 9.17) is 5.10 Å². The molecule has 27 heavy (non-hydrogen) atoms. The number of quaternary nitrogens is 1. The van der Waals surface area contributed by atoms with Gasteiger partial charge >= 0.3 is 0 Å². The maximum absolute atomic E-state index is 4.77. The monoisotopic (exact) mass is 358 g/mol. The number of hydrazone groups is 1. The van der Waals surface area contributed by atoms with Gasteiger partial charge in [0.25, 0.3) is 0 Å². The molecule has 1 heterocycles. The molecule has 1 saturated heterocycles. The highest BCUT2D eigenvalue weighted by atomic mass is 15.5. The molecule has 0 unspecified atom stereocenters. The molecule has 0 amide bonds. The topological polar surface area (TPSA) is 20.0 Å². The summed E-state index contributed by atoms with van der Waals surface area (Å²) in [6.07, 6.45) is 2.03. The van der Waals surface area contributed by atoms with Crippen LogP contribution in [0.1, 0.15) is 22.3 Å². The van der Waals surface area contributed by atoms with Gasteiger partial charge in [0, 0.05) is 11.1 Å². The van der Waals surface area contributed by atoms with Gasteiger partial charge in [0.1, 0.15) is 6.54 Å². The highest BCUT2D eigenvalue weighted by Crippen LogP contribution is 2.17. The predicted molar refractivity (Wildman–Crippen MR) is 113 cm³/mol. The zero-order chi connectivity index (χ0) is 18.6. The van der Waals surface area contributed by atoms with Crippen molar-refractivity contribution < 1.29 is 4.90 Å². The molecule has 3 aromatic rings. The molecule has 0 spiro atoms. The first-order valence-corrected chi connectivity index (χ1v) is 9.85. The van der Waals surface area contributed by atoms with Crippen LogP contribution in [0.4, 0.5) is 0 Å². The summed E-state index contributed by atoms with van der Waals surface area (Å²) < 4.78 is 0. The Morgan fingerprint density at radius 1 is 0.963 bits per heavy atom. The van der Waals surface area contributed by atoms with E-state index in [-0.39, 0.29) is 0 Å². The molecule has 0 saturated carbocycles. The number of aryl methyl sites for hydroxylation is 2. The highest BCUT2D eigenvalue weighted by Gasteiger charge is 2.19. The molecule has 138 valence electrons. The van der Waals surface area contributed by atoms with Gasteiger partial charge in [-0.3, -0.25) is 5.01 Å². The molecule has 3 aromatic carbocycles. The predicted octanol–water partition coefficient (Wildman–Crippen LogP) is 3.19. The van der Waals surface area contributed by atoms with E-state index in [9.17, 15) is 0 Å². The summed E-state index contributed by atoms with van der Waals surface area (Å²) in [6, 6.07) is 21.7. The van der Waals surface area contributed by atoms with Crippen LogP contribution < -0.4 is 4.90 Å². The summed E-state index contributed by atoms with van der Waals surface area (Å²) in [4.78, 5) is 1.65. The molecule has 0 radical (unpaired) electrons. The lowest BCUT2D eigenvalue weighted by Crippen LogP contribution is -3.13. The summed E-state index contributed by atoms with van der Waals surface area (Å²) >= 11 is 0. The van der Waals surface area contributed by atoms with Gasteiger partial charge in [-0.05, 0) is 30.2 Å². The quantitative estimate of drug-likeness (QED) is 0.710. The first kappa shape index (κ1) is 17.7. The molecule has 1 fully saturated rings. The van der Waals surface area contributed by atoms with Gasteiger partial charge in [0.2, 0.25) is 0 Å². The lowest BCUT2D eigenvalue weighted by Gasteiger charge is -2.30. The lowest BCUT2D eigenvalue weighted by molar-refractivity contribution is -0.918. The fraction of sp³-hybridized carbons (Fsp3) is 0.292. The van der Waals surface area contributed by atoms with Crippen LogP contribution in [-0.2, 0) is 6.54 Å². The van der Waals surface area contributed by atoms with E-state index in [1.165, 1.54) is 33.0 Å². The Bertz CT molecular complexity index is 948. The summed E-state index contributed by atoms with van der Waals surface area (Å²) in [6.45, 7) is 9.82. The van der Waals surface area contributed by atoms with Crippen molar-refractivity contribution in [2.75, 3.05) is 26.2 Å². The van der Waals surface area contributed by atoms with Crippen LogP contribution in [0.5, 0.6) is 0 Å². The highest BCUT2D eigenvalue weighted by molar-refractivity contribution is 5.99. The van der Waals surface area contributed by atoms with Gasteiger partial charge in [-0.1, -0.05) is 66.2 Å². The molecule has 0 aliphatic carbocycles. The fourth-order valence-corrected chi connectivity index (χ4v) is 3.92. The molecule has 1 aliphatic heterocycles. The Kier molecular flexibility index (Phi) is 5.21. The number of rotatable bonds is 4. The molecule has 0 bridgehead atoms. The largest absolute Gasteiger partial charge is 0.328 e. The van der Waals surface area contributed by atoms with Gasteiger partial charge in [-0.2, -0.15) is 5.10 Å². The average Bonchev–Trinajstić information content (AvgIpc) is 2.69. The lowest BCUT2D eigenvalue weighted by atomic mass is 10.1. The van der Waals surface area contributed by atoms with Crippen molar-refractivity contribution in [2.45, 2.75) is 20.4 Å². The minimum absolute atomic E-state index is 1.02. The smallest absolute Gasteiger partial charge is 0.103 e. The van der Waals surface area contributed by atoms with Crippen molar-refractivity contribution in [3.05, 3.63) is 82.9 Å². The Morgan fingerprint density at radius 2 is 1.74 bits per heavy atom. The molecule has 3 nitrogen and oxygen atoms in total. The molecular formula is C24H28N3+. The summed E-state index contributed by atoms with van der Waals surface area (Å²) in [7, 11) is 0. The van der Waals surface area contributed by atoms with Gasteiger partial charge in [0.05, 0.1) is 32.4 Å². The van der Waals surface area contributed by atoms with Crippen LogP contribution in [0.15, 0.2) is 65.8 Å². The van der Waals surface area contributed by atoms with Crippen molar-refractivity contribution in [1.82, 2.24) is 5.01 Å². The van der Waals surface area contributed by atoms with E-state index in [1.54, 1.807) is 4.90 Å². The van der Waals surface area contributed by atoms with Crippen LogP contribution in [-0.4, -0.2) is 37.4 Å². The second-order valence-corrected chi connectivity index (χ2v) is 7.62. The molecule has 4 rings (SSSR count). The third-order valence-corrected chi connectivity index (χ3v) is 5.57. The minimum atomic E-state index is 1.02. The van der Waals surface area contributed by atoms with Crippen molar-refractivity contribution in [2.24, 2.45) is 5.10 Å². The third-order valence-electron chi connectivity index (χ3n) is 5.57. The van der Waals surface area contributed by atoms with Gasteiger partial charge in [-0.25, -0.2) is 0 Å². The maximum Gasteiger partial charge on any atom is 0.103 e. The molecule has 1 N–H and O–H groups in total. The fourth-order valence-electron chi connectivity index (χ4n) is 3.92. The average molecular weight is 359 g/mol. The zero-order valence-corrected chi connectivity index (χ0v) is 16.3. The van der Waals surface area contributed by atoms with Gasteiger partial charge in [0.15, 0.2) is 0 Å². The zero-order valence-electron chi connectivity index (χ0n) is 16.3. The number of benzene rings is 3. The van der Waals surface area contributed by atoms with Crippen molar-refractivity contribution in [1.29, 1.82) is 0 Å². The van der Waals surface area contributed by atoms with E-state index in [0.29, 0.717) is 0 Å². The van der Waals surface area contributed by atoms with Crippen molar-refractivity contribution in [3.8, 4) is 0 Å². The van der Waals surface area contributed by atoms with Crippen LogP contribution in [0.25, 0.3) is 10.8 Å². The van der Waals surface area contributed by atoms with E-state index in [0.717, 1.165) is 32.7 Å². The number of nitrogens with one attached hydrogen (secondary N) is 1. The van der Waals surface area contributed by atoms with Crippen molar-refractivity contribution >= 4 is 17.0 Å². The van der Waals surface area contributed by atoms with Crippen LogP contribution in [0.3, 0.4) is 0 Å². The van der Waals surface area contributed by atoms with E-state index < -0.39 is 0 Å². The second-order valence-electron chi connectivity index (χ2n) is 7.62. The number of hydrogen-bond acceptors (Lipinski definition) is 2. The molecular weight excluding hydrogens is 330 g/mol. The summed E-state index contributed by atoms with van der Waals surface area (Å²) in [5.74, 6) is 0. The second kappa shape index (κ2) is 7.93. The third kappa shape index (κ3) is 4.20. The Balaban J connectivity index is 1.37. The number of nitrogens with zero attached hydrogens (tertiary/aromatic N) is 2. The first-order valence-electron chi connectivity index (χ1n) is 9.85. The van der Waals surface area contributed by atoms with Crippen molar-refractivity contribution in [3.63, 3.8) is 0 Å². The Morgan fingerprint density at radius 3 is 2.56 bits per heavy atom. The van der Waals surface area contributed by atoms with E-state index in [2.05, 4.69) is 79.5 Å². The standard InChI is InChI=1S/C24H27N3/c1-19-10-11-23(20(2)16-19)18-26-12-14-27(15-13-26)25-17-22-8-5-7-21-6-3-4-9-24(21)22/h3-11,16-17H,12-15,18H2,1-2H3/p+1/b25-17-.